The standard InChI is InChI=1S/C31H35N7O4S2/c1-44(40,41)37-15-13-36(14-16-37)18-26-17-27-28(43-26)30(38-24-11-12-25(38)20-42-19-24)35-29(34-27)21-7-9-23(10-8-21)33-31(39)32-22-5-3-2-4-6-22/h2-10,17,24-25H,11-16,18-20H2,1H3,(H2,32,33,39). The number of morpholine rings is 1. The van der Waals surface area contributed by atoms with E-state index in [9.17, 15) is 13.2 Å². The number of rotatable bonds is 7. The molecule has 44 heavy (non-hydrogen) atoms. The van der Waals surface area contributed by atoms with Crippen LogP contribution in [0.3, 0.4) is 0 Å². The summed E-state index contributed by atoms with van der Waals surface area (Å²) < 4.78 is 32.4. The number of amides is 2. The number of hydrogen-bond acceptors (Lipinski definition) is 9. The summed E-state index contributed by atoms with van der Waals surface area (Å²) in [6.07, 6.45) is 3.44. The SMILES string of the molecule is CS(=O)(=O)N1CCN(Cc2cc3nc(-c4ccc(NC(=O)Nc5ccccc5)cc4)nc(N4C5CCC4COC5)c3s2)CC1. The molecule has 2 atom stereocenters. The lowest BCUT2D eigenvalue weighted by molar-refractivity contribution is 0.0904. The topological polar surface area (TPSA) is 120 Å². The number of ether oxygens (including phenoxy) is 1. The van der Waals surface area contributed by atoms with Crippen molar-refractivity contribution in [3.8, 4) is 11.4 Å². The maximum atomic E-state index is 12.5. The van der Waals surface area contributed by atoms with Crippen LogP contribution in [0.1, 0.15) is 17.7 Å². The Balaban J connectivity index is 1.15. The minimum atomic E-state index is -3.17. The fourth-order valence-corrected chi connectivity index (χ4v) is 8.24. The number of urea groups is 1. The molecule has 3 fully saturated rings. The minimum Gasteiger partial charge on any atom is -0.377 e. The maximum Gasteiger partial charge on any atom is 0.323 e. The molecule has 2 bridgehead atoms. The minimum absolute atomic E-state index is 0.295. The lowest BCUT2D eigenvalue weighted by Gasteiger charge is -2.36. The number of carbonyl (C=O) groups is 1. The second kappa shape index (κ2) is 12.1. The van der Waals surface area contributed by atoms with E-state index in [0.29, 0.717) is 63.0 Å². The van der Waals surface area contributed by atoms with Gasteiger partial charge in [-0.25, -0.2) is 23.2 Å². The molecule has 3 saturated heterocycles. The van der Waals surface area contributed by atoms with Gasteiger partial charge in [-0.2, -0.15) is 4.31 Å². The van der Waals surface area contributed by atoms with Gasteiger partial charge in [-0.05, 0) is 55.3 Å². The van der Waals surface area contributed by atoms with Crippen molar-refractivity contribution < 1.29 is 17.9 Å². The van der Waals surface area contributed by atoms with Gasteiger partial charge in [-0.15, -0.1) is 11.3 Å². The summed E-state index contributed by atoms with van der Waals surface area (Å²) in [5.41, 5.74) is 3.17. The first-order valence-electron chi connectivity index (χ1n) is 14.9. The Morgan fingerprint density at radius 1 is 0.932 bits per heavy atom. The fraction of sp³-hybridized carbons (Fsp3) is 0.387. The molecule has 13 heteroatoms. The van der Waals surface area contributed by atoms with E-state index in [4.69, 9.17) is 14.7 Å². The summed E-state index contributed by atoms with van der Waals surface area (Å²) in [4.78, 5) is 28.6. The fourth-order valence-electron chi connectivity index (χ4n) is 6.28. The van der Waals surface area contributed by atoms with Crippen LogP contribution in [0.25, 0.3) is 21.6 Å². The number of benzene rings is 2. The molecule has 2 aromatic carbocycles. The Labute approximate surface area is 260 Å². The van der Waals surface area contributed by atoms with Crippen LogP contribution in [0.2, 0.25) is 0 Å². The van der Waals surface area contributed by atoms with Gasteiger partial charge in [0.15, 0.2) is 11.6 Å². The lowest BCUT2D eigenvalue weighted by atomic mass is 10.2. The molecule has 3 aliphatic heterocycles. The maximum absolute atomic E-state index is 12.5. The van der Waals surface area contributed by atoms with Gasteiger partial charge in [-0.3, -0.25) is 4.90 Å². The highest BCUT2D eigenvalue weighted by Crippen LogP contribution is 2.41. The van der Waals surface area contributed by atoms with Gasteiger partial charge in [0.05, 0.1) is 41.8 Å². The first-order chi connectivity index (χ1) is 21.3. The number of aromatic nitrogens is 2. The molecule has 2 unspecified atom stereocenters. The van der Waals surface area contributed by atoms with Gasteiger partial charge in [0.2, 0.25) is 10.0 Å². The van der Waals surface area contributed by atoms with Gasteiger partial charge in [-0.1, -0.05) is 18.2 Å². The summed E-state index contributed by atoms with van der Waals surface area (Å²) in [6, 6.07) is 19.4. The number of nitrogens with one attached hydrogen (secondary N) is 2. The van der Waals surface area contributed by atoms with E-state index in [-0.39, 0.29) is 6.03 Å². The van der Waals surface area contributed by atoms with Crippen molar-refractivity contribution in [3.63, 3.8) is 0 Å². The number of sulfonamides is 1. The molecule has 4 aromatic rings. The number of thiophene rings is 1. The van der Waals surface area contributed by atoms with Crippen molar-refractivity contribution in [2.75, 3.05) is 61.2 Å². The van der Waals surface area contributed by atoms with E-state index >= 15 is 0 Å². The molecule has 0 aliphatic carbocycles. The molecule has 11 nitrogen and oxygen atoms in total. The predicted octanol–water partition coefficient (Wildman–Crippen LogP) is 4.45. The summed E-state index contributed by atoms with van der Waals surface area (Å²) in [6.45, 7) is 4.56. The van der Waals surface area contributed by atoms with Crippen molar-refractivity contribution in [2.45, 2.75) is 31.5 Å². The molecule has 5 heterocycles. The van der Waals surface area contributed by atoms with Crippen LogP contribution in [0.4, 0.5) is 22.0 Å². The number of nitrogens with zero attached hydrogens (tertiary/aromatic N) is 5. The highest BCUT2D eigenvalue weighted by molar-refractivity contribution is 7.88. The second-order valence-electron chi connectivity index (χ2n) is 11.6. The summed E-state index contributed by atoms with van der Waals surface area (Å²) >= 11 is 1.73. The van der Waals surface area contributed by atoms with Crippen LogP contribution in [0.5, 0.6) is 0 Å². The van der Waals surface area contributed by atoms with Crippen LogP contribution in [-0.4, -0.2) is 91.4 Å². The van der Waals surface area contributed by atoms with Crippen LogP contribution in [0, 0.1) is 0 Å². The number of anilines is 3. The Morgan fingerprint density at radius 2 is 1.59 bits per heavy atom. The lowest BCUT2D eigenvalue weighted by Crippen LogP contribution is -2.47. The molecule has 0 radical (unpaired) electrons. The van der Waals surface area contributed by atoms with Gasteiger partial charge < -0.3 is 20.3 Å². The number of piperazine rings is 1. The number of carbonyl (C=O) groups excluding carboxylic acids is 1. The van der Waals surface area contributed by atoms with Crippen molar-refractivity contribution in [3.05, 3.63) is 65.5 Å². The number of fused-ring (bicyclic) bond motifs is 3. The molecule has 2 amide bonds. The van der Waals surface area contributed by atoms with Crippen molar-refractivity contribution in [1.82, 2.24) is 19.2 Å². The van der Waals surface area contributed by atoms with Crippen molar-refractivity contribution in [2.24, 2.45) is 0 Å². The zero-order valence-corrected chi connectivity index (χ0v) is 26.1. The van der Waals surface area contributed by atoms with Crippen LogP contribution >= 0.6 is 11.3 Å². The average Bonchev–Trinajstić information content (AvgIpc) is 3.53. The van der Waals surface area contributed by atoms with Gasteiger partial charge in [0.25, 0.3) is 0 Å². The third-order valence-electron chi connectivity index (χ3n) is 8.50. The largest absolute Gasteiger partial charge is 0.377 e. The van der Waals surface area contributed by atoms with Crippen LogP contribution in [0.15, 0.2) is 60.7 Å². The summed E-state index contributed by atoms with van der Waals surface area (Å²) in [5.74, 6) is 1.60. The molecule has 3 aliphatic rings. The van der Waals surface area contributed by atoms with E-state index in [1.807, 2.05) is 54.6 Å². The quantitative estimate of drug-likeness (QED) is 0.307. The van der Waals surface area contributed by atoms with Crippen molar-refractivity contribution >= 4 is 54.8 Å². The summed E-state index contributed by atoms with van der Waals surface area (Å²) in [7, 11) is -3.17. The van der Waals surface area contributed by atoms with E-state index in [1.54, 1.807) is 15.6 Å². The van der Waals surface area contributed by atoms with Gasteiger partial charge in [0.1, 0.15) is 0 Å². The van der Waals surface area contributed by atoms with E-state index in [0.717, 1.165) is 46.7 Å². The molecule has 0 spiro atoms. The first kappa shape index (κ1) is 29.1. The second-order valence-corrected chi connectivity index (χ2v) is 14.7. The Bertz CT molecular complexity index is 1740. The summed E-state index contributed by atoms with van der Waals surface area (Å²) in [5, 5.41) is 5.72. The Kier molecular flexibility index (Phi) is 7.97. The van der Waals surface area contributed by atoms with E-state index in [1.165, 1.54) is 11.1 Å². The monoisotopic (exact) mass is 633 g/mol. The third kappa shape index (κ3) is 6.15. The van der Waals surface area contributed by atoms with Gasteiger partial charge >= 0.3 is 6.03 Å². The molecule has 7 rings (SSSR count). The predicted molar refractivity (Wildman–Crippen MR) is 174 cm³/mol. The highest BCUT2D eigenvalue weighted by atomic mass is 32.2. The highest BCUT2D eigenvalue weighted by Gasteiger charge is 2.39. The normalized spacial score (nSPS) is 21.1. The molecule has 230 valence electrons. The molecular weight excluding hydrogens is 599 g/mol. The van der Waals surface area contributed by atoms with Crippen LogP contribution in [-0.2, 0) is 21.3 Å². The molecule has 2 aromatic heterocycles. The van der Waals surface area contributed by atoms with Gasteiger partial charge in [0, 0.05) is 54.5 Å². The Hall–Kier alpha value is -3.62. The zero-order chi connectivity index (χ0) is 30.3. The smallest absolute Gasteiger partial charge is 0.323 e. The Morgan fingerprint density at radius 3 is 2.25 bits per heavy atom. The number of hydrogen-bond donors (Lipinski definition) is 2. The molecule has 0 saturated carbocycles. The zero-order valence-electron chi connectivity index (χ0n) is 24.5. The molecule has 2 N–H and O–H groups in total. The van der Waals surface area contributed by atoms with Crippen molar-refractivity contribution in [1.29, 1.82) is 0 Å². The number of para-hydroxylation sites is 1. The average molecular weight is 634 g/mol. The first-order valence-corrected chi connectivity index (χ1v) is 17.5. The third-order valence-corrected chi connectivity index (χ3v) is 10.9. The van der Waals surface area contributed by atoms with E-state index in [2.05, 4.69) is 26.5 Å². The van der Waals surface area contributed by atoms with E-state index < -0.39 is 10.0 Å². The van der Waals surface area contributed by atoms with Crippen LogP contribution < -0.4 is 15.5 Å². The molecular formula is C31H35N7O4S2.